The Labute approximate surface area is 113 Å². The van der Waals surface area contributed by atoms with Crippen molar-refractivity contribution in [2.24, 2.45) is 11.3 Å². The van der Waals surface area contributed by atoms with Crippen LogP contribution in [0.15, 0.2) is 0 Å². The summed E-state index contributed by atoms with van der Waals surface area (Å²) in [7, 11) is 0. The van der Waals surface area contributed by atoms with Crippen LogP contribution >= 0.6 is 0 Å². The molecule has 5 heteroatoms. The zero-order valence-corrected chi connectivity index (χ0v) is 11.9. The van der Waals surface area contributed by atoms with Gasteiger partial charge in [0.25, 0.3) is 0 Å². The maximum atomic E-state index is 12.5. The van der Waals surface area contributed by atoms with Crippen molar-refractivity contribution in [2.75, 3.05) is 13.1 Å². The summed E-state index contributed by atoms with van der Waals surface area (Å²) in [4.78, 5) is 24.9. The van der Waals surface area contributed by atoms with Gasteiger partial charge in [0, 0.05) is 13.1 Å². The lowest BCUT2D eigenvalue weighted by molar-refractivity contribution is -0.172. The van der Waals surface area contributed by atoms with Gasteiger partial charge in [0.2, 0.25) is 0 Å². The van der Waals surface area contributed by atoms with Crippen LogP contribution in [-0.2, 0) is 9.53 Å². The monoisotopic (exact) mass is 269 g/mol. The van der Waals surface area contributed by atoms with Crippen LogP contribution in [0.2, 0.25) is 0 Å². The Bertz CT molecular complexity index is 373. The third-order valence-corrected chi connectivity index (χ3v) is 4.09. The molecule has 0 atom stereocenters. The number of likely N-dealkylation sites (tertiary alicyclic amines) is 1. The summed E-state index contributed by atoms with van der Waals surface area (Å²) in [5.41, 5.74) is -0.928. The van der Waals surface area contributed by atoms with Crippen molar-refractivity contribution in [1.82, 2.24) is 4.90 Å². The molecule has 2 rings (SSSR count). The molecule has 0 aromatic rings. The van der Waals surface area contributed by atoms with Crippen molar-refractivity contribution in [3.63, 3.8) is 0 Å². The average molecular weight is 269 g/mol. The molecule has 5 nitrogen and oxygen atoms in total. The number of ether oxygens (including phenoxy) is 1. The predicted octanol–water partition coefficient (Wildman–Crippen LogP) is 2.50. The van der Waals surface area contributed by atoms with Crippen LogP contribution in [-0.4, -0.2) is 40.8 Å². The Morgan fingerprint density at radius 3 is 2.11 bits per heavy atom. The Morgan fingerprint density at radius 2 is 1.74 bits per heavy atom. The molecule has 108 valence electrons. The lowest BCUT2D eigenvalue weighted by Gasteiger charge is -2.40. The largest absolute Gasteiger partial charge is 0.465 e. The Hall–Kier alpha value is -1.26. The zero-order valence-electron chi connectivity index (χ0n) is 11.9. The second kappa shape index (κ2) is 4.69. The van der Waals surface area contributed by atoms with Gasteiger partial charge in [-0.15, -0.1) is 0 Å². The van der Waals surface area contributed by atoms with Gasteiger partial charge in [-0.3, -0.25) is 4.79 Å². The zero-order chi connectivity index (χ0) is 14.3. The number of carbonyl (C=O) groups is 2. The molecule has 2 fully saturated rings. The second-order valence-electron chi connectivity index (χ2n) is 6.70. The van der Waals surface area contributed by atoms with E-state index in [1.807, 2.05) is 20.8 Å². The van der Waals surface area contributed by atoms with Gasteiger partial charge < -0.3 is 14.7 Å². The summed E-state index contributed by atoms with van der Waals surface area (Å²) >= 11 is 0. The highest BCUT2D eigenvalue weighted by molar-refractivity contribution is 5.79. The van der Waals surface area contributed by atoms with E-state index in [2.05, 4.69) is 0 Å². The fourth-order valence-electron chi connectivity index (χ4n) is 2.89. The van der Waals surface area contributed by atoms with E-state index in [-0.39, 0.29) is 5.97 Å². The first-order valence-corrected chi connectivity index (χ1v) is 6.96. The molecule has 1 aliphatic carbocycles. The van der Waals surface area contributed by atoms with E-state index in [9.17, 15) is 9.59 Å². The van der Waals surface area contributed by atoms with Crippen LogP contribution in [0.5, 0.6) is 0 Å². The Morgan fingerprint density at radius 1 is 1.21 bits per heavy atom. The summed E-state index contributed by atoms with van der Waals surface area (Å²) in [6.07, 6.45) is 2.42. The van der Waals surface area contributed by atoms with Gasteiger partial charge >= 0.3 is 12.1 Å². The topological polar surface area (TPSA) is 66.8 Å². The highest BCUT2D eigenvalue weighted by Gasteiger charge is 2.54. The van der Waals surface area contributed by atoms with E-state index in [1.54, 1.807) is 0 Å². The molecular weight excluding hydrogens is 246 g/mol. The van der Waals surface area contributed by atoms with E-state index >= 15 is 0 Å². The van der Waals surface area contributed by atoms with Gasteiger partial charge in [-0.25, -0.2) is 4.79 Å². The summed E-state index contributed by atoms with van der Waals surface area (Å²) in [6, 6.07) is 0. The number of hydrogen-bond donors (Lipinski definition) is 1. The van der Waals surface area contributed by atoms with Crippen molar-refractivity contribution in [3.05, 3.63) is 0 Å². The minimum atomic E-state index is -0.895. The minimum Gasteiger partial charge on any atom is -0.465 e. The minimum absolute atomic E-state index is 0.132. The molecular formula is C14H23NO4. The normalized spacial score (nSPS) is 23.0. The number of nitrogens with zero attached hydrogens (tertiary/aromatic N) is 1. The van der Waals surface area contributed by atoms with Gasteiger partial charge in [0.05, 0.1) is 5.41 Å². The summed E-state index contributed by atoms with van der Waals surface area (Å²) in [6.45, 7) is 6.49. The third-order valence-electron chi connectivity index (χ3n) is 4.09. The smallest absolute Gasteiger partial charge is 0.407 e. The third kappa shape index (κ3) is 3.01. The van der Waals surface area contributed by atoms with Crippen molar-refractivity contribution >= 4 is 12.1 Å². The number of hydrogen-bond acceptors (Lipinski definition) is 3. The number of carbonyl (C=O) groups excluding carboxylic acids is 1. The Kier molecular flexibility index (Phi) is 3.49. The van der Waals surface area contributed by atoms with Crippen LogP contribution in [0.1, 0.15) is 46.5 Å². The maximum Gasteiger partial charge on any atom is 0.407 e. The molecule has 1 saturated carbocycles. The molecule has 2 aliphatic rings. The average Bonchev–Trinajstić information content (AvgIpc) is 3.10. The fourth-order valence-corrected chi connectivity index (χ4v) is 2.89. The van der Waals surface area contributed by atoms with Crippen molar-refractivity contribution in [3.8, 4) is 0 Å². The summed E-state index contributed by atoms with van der Waals surface area (Å²) in [5.74, 6) is 0.255. The van der Waals surface area contributed by atoms with E-state index < -0.39 is 17.1 Å². The summed E-state index contributed by atoms with van der Waals surface area (Å²) in [5, 5.41) is 9.00. The Balaban J connectivity index is 2.08. The molecule has 0 aromatic heterocycles. The first-order chi connectivity index (χ1) is 8.74. The molecule has 1 heterocycles. The quantitative estimate of drug-likeness (QED) is 0.782. The second-order valence-corrected chi connectivity index (χ2v) is 6.70. The van der Waals surface area contributed by atoms with Crippen molar-refractivity contribution < 1.29 is 19.4 Å². The molecule has 1 aliphatic heterocycles. The van der Waals surface area contributed by atoms with Gasteiger partial charge in [0.1, 0.15) is 5.60 Å². The van der Waals surface area contributed by atoms with Gasteiger partial charge in [-0.05, 0) is 52.4 Å². The molecule has 1 amide bonds. The van der Waals surface area contributed by atoms with E-state index in [0.717, 1.165) is 12.8 Å². The van der Waals surface area contributed by atoms with Crippen LogP contribution in [0.4, 0.5) is 4.79 Å². The number of piperidine rings is 1. The maximum absolute atomic E-state index is 12.5. The number of amides is 1. The van der Waals surface area contributed by atoms with E-state index in [4.69, 9.17) is 9.84 Å². The van der Waals surface area contributed by atoms with Crippen LogP contribution in [0.3, 0.4) is 0 Å². The van der Waals surface area contributed by atoms with Gasteiger partial charge in [-0.1, -0.05) is 0 Å². The number of rotatable bonds is 2. The summed E-state index contributed by atoms with van der Waals surface area (Å²) < 4.78 is 5.57. The van der Waals surface area contributed by atoms with Gasteiger partial charge in [0.15, 0.2) is 0 Å². The molecule has 0 bridgehead atoms. The first kappa shape index (κ1) is 14.2. The number of carboxylic acid groups (broad SMARTS) is 1. The highest BCUT2D eigenvalue weighted by Crippen LogP contribution is 2.52. The van der Waals surface area contributed by atoms with Crippen molar-refractivity contribution in [1.29, 1.82) is 0 Å². The molecule has 0 aromatic carbocycles. The number of esters is 1. The van der Waals surface area contributed by atoms with Crippen molar-refractivity contribution in [2.45, 2.75) is 52.1 Å². The van der Waals surface area contributed by atoms with Crippen LogP contribution in [0, 0.1) is 11.3 Å². The highest BCUT2D eigenvalue weighted by atomic mass is 16.6. The first-order valence-electron chi connectivity index (χ1n) is 6.96. The standard InChI is InChI=1S/C14H23NO4/c1-13(2,3)19-11(16)14(10-4-5-10)6-8-15(9-7-14)12(17)18/h10H,4-9H2,1-3H3,(H,17,18). The molecule has 0 radical (unpaired) electrons. The predicted molar refractivity (Wildman–Crippen MR) is 69.8 cm³/mol. The lowest BCUT2D eigenvalue weighted by Crippen LogP contribution is -2.49. The van der Waals surface area contributed by atoms with Crippen LogP contribution in [0.25, 0.3) is 0 Å². The molecule has 1 saturated heterocycles. The van der Waals surface area contributed by atoms with E-state index in [1.165, 1.54) is 4.90 Å². The molecule has 1 N–H and O–H groups in total. The lowest BCUT2D eigenvalue weighted by atomic mass is 9.74. The SMILES string of the molecule is CC(C)(C)OC(=O)C1(C2CC2)CCN(C(=O)O)CC1. The fraction of sp³-hybridized carbons (Fsp3) is 0.857. The van der Waals surface area contributed by atoms with E-state index in [0.29, 0.717) is 31.8 Å². The molecule has 0 spiro atoms. The molecule has 0 unspecified atom stereocenters. The molecule has 19 heavy (non-hydrogen) atoms. The van der Waals surface area contributed by atoms with Crippen LogP contribution < -0.4 is 0 Å². The van der Waals surface area contributed by atoms with Gasteiger partial charge in [-0.2, -0.15) is 0 Å².